The average molecular weight is 637 g/mol. The number of hydrogen-bond acceptors (Lipinski definition) is 7. The summed E-state index contributed by atoms with van der Waals surface area (Å²) in [5.41, 5.74) is 4.86. The van der Waals surface area contributed by atoms with Crippen molar-refractivity contribution < 1.29 is 17.4 Å². The number of para-hydroxylation sites is 2. The van der Waals surface area contributed by atoms with Gasteiger partial charge in [0.05, 0.1) is 28.6 Å². The van der Waals surface area contributed by atoms with Crippen LogP contribution in [0.2, 0.25) is 0 Å². The summed E-state index contributed by atoms with van der Waals surface area (Å²) in [6.07, 6.45) is 0. The van der Waals surface area contributed by atoms with Gasteiger partial charge in [0, 0.05) is 42.7 Å². The highest BCUT2D eigenvalue weighted by molar-refractivity contribution is 7.87. The Morgan fingerprint density at radius 2 is 1.37 bits per heavy atom. The maximum atomic E-state index is 14.3. The van der Waals surface area contributed by atoms with Gasteiger partial charge in [-0.3, -0.25) is 4.79 Å². The van der Waals surface area contributed by atoms with Crippen molar-refractivity contribution in [3.63, 3.8) is 0 Å². The predicted octanol–water partition coefficient (Wildman–Crippen LogP) is 6.12. The second kappa shape index (κ2) is 15.6. The van der Waals surface area contributed by atoms with Crippen LogP contribution in [0.1, 0.15) is 41.4 Å². The van der Waals surface area contributed by atoms with Crippen molar-refractivity contribution in [2.45, 2.75) is 26.4 Å². The number of nitrogens with zero attached hydrogens (tertiary/aromatic N) is 1. The molecule has 1 amide bonds. The first kappa shape index (κ1) is 32.8. The van der Waals surface area contributed by atoms with Gasteiger partial charge in [0.1, 0.15) is 5.75 Å². The van der Waals surface area contributed by atoms with Gasteiger partial charge < -0.3 is 20.1 Å². The van der Waals surface area contributed by atoms with Crippen molar-refractivity contribution in [3.05, 3.63) is 132 Å². The van der Waals surface area contributed by atoms with E-state index < -0.39 is 10.1 Å². The average Bonchev–Trinajstić information content (AvgIpc) is 3.07. The van der Waals surface area contributed by atoms with Gasteiger partial charge in [-0.25, -0.2) is 4.98 Å². The lowest BCUT2D eigenvalue weighted by Gasteiger charge is -2.25. The molecule has 0 saturated heterocycles. The van der Waals surface area contributed by atoms with Crippen molar-refractivity contribution in [2.24, 2.45) is 5.92 Å². The lowest BCUT2D eigenvalue weighted by Crippen LogP contribution is -2.34. The Morgan fingerprint density at radius 1 is 0.761 bits per heavy atom. The first-order valence-corrected chi connectivity index (χ1v) is 17.1. The van der Waals surface area contributed by atoms with Crippen LogP contribution >= 0.6 is 0 Å². The van der Waals surface area contributed by atoms with Crippen LogP contribution in [0.4, 0.5) is 0 Å². The fourth-order valence-electron chi connectivity index (χ4n) is 5.40. The minimum absolute atomic E-state index is 0.155. The van der Waals surface area contributed by atoms with Gasteiger partial charge in [0.25, 0.3) is 5.91 Å². The fraction of sp³-hybridized carbons (Fsp3) is 0.243. The molecule has 1 atom stereocenters. The van der Waals surface area contributed by atoms with E-state index in [0.29, 0.717) is 30.9 Å². The third kappa shape index (κ3) is 8.57. The second-order valence-electron chi connectivity index (χ2n) is 11.4. The zero-order chi connectivity index (χ0) is 32.4. The Kier molecular flexibility index (Phi) is 11.1. The van der Waals surface area contributed by atoms with Crippen LogP contribution in [0.15, 0.2) is 115 Å². The van der Waals surface area contributed by atoms with E-state index in [1.54, 1.807) is 30.3 Å². The molecule has 0 aliphatic rings. The van der Waals surface area contributed by atoms with Crippen LogP contribution in [0.5, 0.6) is 5.75 Å². The van der Waals surface area contributed by atoms with Crippen LogP contribution in [-0.4, -0.2) is 44.7 Å². The van der Waals surface area contributed by atoms with E-state index in [0.717, 1.165) is 33.3 Å². The standard InChI is InChI=1S/C37H40N4O4S/c1-27(2)35(28-14-6-3-7-15-28)41-37(42)34-31-20-12-13-21-33(31)40-36(29-16-8-4-9-17-29)32(34)26-39-23-22-38-24-25-46(43,44)45-30-18-10-5-11-19-30/h3-21,27,35,38-39H,22-26H2,1-2H3,(H,41,42)/t35-/m0/s1. The molecule has 1 heterocycles. The molecule has 0 unspecified atom stereocenters. The molecule has 9 heteroatoms. The van der Waals surface area contributed by atoms with Gasteiger partial charge in [-0.15, -0.1) is 0 Å². The zero-order valence-electron chi connectivity index (χ0n) is 26.1. The number of fused-ring (bicyclic) bond motifs is 1. The van der Waals surface area contributed by atoms with E-state index in [9.17, 15) is 13.2 Å². The van der Waals surface area contributed by atoms with E-state index in [2.05, 4.69) is 29.8 Å². The fourth-order valence-corrected chi connectivity index (χ4v) is 6.29. The highest BCUT2D eigenvalue weighted by Crippen LogP contribution is 2.31. The number of pyridine rings is 1. The van der Waals surface area contributed by atoms with Crippen LogP contribution in [-0.2, 0) is 16.7 Å². The molecule has 0 fully saturated rings. The smallest absolute Gasteiger partial charge is 0.310 e. The largest absolute Gasteiger partial charge is 0.382 e. The van der Waals surface area contributed by atoms with Crippen LogP contribution < -0.4 is 20.1 Å². The maximum Gasteiger partial charge on any atom is 0.310 e. The molecule has 3 N–H and O–H groups in total. The van der Waals surface area contributed by atoms with E-state index >= 15 is 0 Å². The van der Waals surface area contributed by atoms with Gasteiger partial charge in [-0.05, 0) is 29.7 Å². The molecule has 0 saturated carbocycles. The SMILES string of the molecule is CC(C)[C@H](NC(=O)c1c(CNCCNCCS(=O)(=O)Oc2ccccc2)c(-c2ccccc2)nc2ccccc12)c1ccccc1. The molecule has 4 aromatic carbocycles. The summed E-state index contributed by atoms with van der Waals surface area (Å²) >= 11 is 0. The number of benzene rings is 4. The molecule has 0 bridgehead atoms. The number of rotatable bonds is 15. The van der Waals surface area contributed by atoms with Crippen molar-refractivity contribution >= 4 is 26.9 Å². The monoisotopic (exact) mass is 636 g/mol. The molecular formula is C37H40N4O4S. The van der Waals surface area contributed by atoms with E-state index in [4.69, 9.17) is 9.17 Å². The van der Waals surface area contributed by atoms with Crippen molar-refractivity contribution in [1.29, 1.82) is 0 Å². The Morgan fingerprint density at radius 3 is 2.07 bits per heavy atom. The van der Waals surface area contributed by atoms with Gasteiger partial charge in [0.15, 0.2) is 0 Å². The van der Waals surface area contributed by atoms with E-state index in [1.807, 2.05) is 84.9 Å². The Bertz CT molecular complexity index is 1830. The first-order chi connectivity index (χ1) is 22.3. The maximum absolute atomic E-state index is 14.3. The first-order valence-electron chi connectivity index (χ1n) is 15.5. The molecule has 5 aromatic rings. The minimum Gasteiger partial charge on any atom is -0.382 e. The molecule has 8 nitrogen and oxygen atoms in total. The number of hydrogen-bond donors (Lipinski definition) is 3. The summed E-state index contributed by atoms with van der Waals surface area (Å²) in [6, 6.07) is 36.0. The topological polar surface area (TPSA) is 109 Å². The van der Waals surface area contributed by atoms with E-state index in [-0.39, 0.29) is 30.2 Å². The van der Waals surface area contributed by atoms with Crippen molar-refractivity contribution in [2.75, 3.05) is 25.4 Å². The lowest BCUT2D eigenvalue weighted by molar-refractivity contribution is 0.0926. The number of carbonyl (C=O) groups excluding carboxylic acids is 1. The minimum atomic E-state index is -3.71. The quantitative estimate of drug-likeness (QED) is 0.0939. The van der Waals surface area contributed by atoms with Crippen molar-refractivity contribution in [1.82, 2.24) is 20.9 Å². The van der Waals surface area contributed by atoms with E-state index in [1.165, 1.54) is 0 Å². The molecule has 0 aliphatic heterocycles. The van der Waals surface area contributed by atoms with Gasteiger partial charge in [-0.2, -0.15) is 8.42 Å². The molecule has 5 rings (SSSR count). The summed E-state index contributed by atoms with van der Waals surface area (Å²) in [5, 5.41) is 10.7. The molecule has 0 aliphatic carbocycles. The predicted molar refractivity (Wildman–Crippen MR) is 184 cm³/mol. The van der Waals surface area contributed by atoms with Gasteiger partial charge >= 0.3 is 10.1 Å². The lowest BCUT2D eigenvalue weighted by atomic mass is 9.93. The Balaban J connectivity index is 1.34. The Hall–Kier alpha value is -4.57. The van der Waals surface area contributed by atoms with Gasteiger partial charge in [0.2, 0.25) is 0 Å². The van der Waals surface area contributed by atoms with Crippen LogP contribution in [0, 0.1) is 5.92 Å². The molecule has 238 valence electrons. The zero-order valence-corrected chi connectivity index (χ0v) is 27.0. The number of nitrogens with one attached hydrogen (secondary N) is 3. The number of aromatic nitrogens is 1. The molecule has 0 spiro atoms. The number of carbonyl (C=O) groups is 1. The summed E-state index contributed by atoms with van der Waals surface area (Å²) in [7, 11) is -3.71. The van der Waals surface area contributed by atoms with Gasteiger partial charge in [-0.1, -0.05) is 111 Å². The molecule has 0 radical (unpaired) electrons. The second-order valence-corrected chi connectivity index (χ2v) is 13.1. The summed E-state index contributed by atoms with van der Waals surface area (Å²) in [5.74, 6) is 0.155. The van der Waals surface area contributed by atoms with Crippen LogP contribution in [0.25, 0.3) is 22.2 Å². The van der Waals surface area contributed by atoms with Crippen LogP contribution in [0.3, 0.4) is 0 Å². The summed E-state index contributed by atoms with van der Waals surface area (Å²) in [4.78, 5) is 19.3. The summed E-state index contributed by atoms with van der Waals surface area (Å²) in [6.45, 7) is 5.90. The normalized spacial score (nSPS) is 12.2. The highest BCUT2D eigenvalue weighted by atomic mass is 32.2. The number of amides is 1. The van der Waals surface area contributed by atoms with Crippen molar-refractivity contribution in [3.8, 4) is 17.0 Å². The molecular weight excluding hydrogens is 596 g/mol. The summed E-state index contributed by atoms with van der Waals surface area (Å²) < 4.78 is 29.8. The highest BCUT2D eigenvalue weighted by Gasteiger charge is 2.25. The third-order valence-corrected chi connectivity index (χ3v) is 8.81. The third-order valence-electron chi connectivity index (χ3n) is 7.66. The Labute approximate surface area is 271 Å². The molecule has 1 aromatic heterocycles. The molecule has 46 heavy (non-hydrogen) atoms.